The molecule has 2 nitrogen and oxygen atoms in total. The van der Waals surface area contributed by atoms with Crippen molar-refractivity contribution < 1.29 is 8.78 Å². The monoisotopic (exact) mass is 290 g/mol. The van der Waals surface area contributed by atoms with E-state index < -0.39 is 11.6 Å². The zero-order chi connectivity index (χ0) is 14.3. The van der Waals surface area contributed by atoms with E-state index in [9.17, 15) is 8.78 Å². The molecule has 0 spiro atoms. The minimum absolute atomic E-state index is 0.124. The van der Waals surface area contributed by atoms with Gasteiger partial charge in [0.2, 0.25) is 0 Å². The lowest BCUT2D eigenvalue weighted by atomic mass is 10.1. The number of nitrogens with zero attached hydrogens (tertiary/aromatic N) is 2. The normalized spacial score (nSPS) is 11.0. The highest BCUT2D eigenvalue weighted by atomic mass is 35.5. The largest absolute Gasteiger partial charge is 0.228 e. The fraction of sp³-hybridized carbons (Fsp3) is 0.0667. The fourth-order valence-electron chi connectivity index (χ4n) is 2.05. The number of hydrogen-bond donors (Lipinski definition) is 0. The van der Waals surface area contributed by atoms with Crippen LogP contribution in [0.2, 0.25) is 5.15 Å². The van der Waals surface area contributed by atoms with Crippen LogP contribution in [0.15, 0.2) is 36.4 Å². The topological polar surface area (TPSA) is 25.8 Å². The molecule has 5 heteroatoms. The maximum absolute atomic E-state index is 13.8. The van der Waals surface area contributed by atoms with Gasteiger partial charge in [-0.25, -0.2) is 18.7 Å². The van der Waals surface area contributed by atoms with Gasteiger partial charge in [0, 0.05) is 11.5 Å². The Morgan fingerprint density at radius 1 is 1.05 bits per heavy atom. The minimum atomic E-state index is -0.714. The molecule has 3 aromatic rings. The van der Waals surface area contributed by atoms with E-state index in [1.54, 1.807) is 6.07 Å². The Morgan fingerprint density at radius 2 is 1.85 bits per heavy atom. The molecule has 0 unspecified atom stereocenters. The Labute approximate surface area is 119 Å². The summed E-state index contributed by atoms with van der Waals surface area (Å²) in [5, 5.41) is 0.954. The fourth-order valence-corrected chi connectivity index (χ4v) is 2.28. The van der Waals surface area contributed by atoms with Gasteiger partial charge < -0.3 is 0 Å². The predicted molar refractivity (Wildman–Crippen MR) is 74.6 cm³/mol. The number of hydrogen-bond acceptors (Lipinski definition) is 2. The molecular weight excluding hydrogens is 282 g/mol. The van der Waals surface area contributed by atoms with E-state index in [0.29, 0.717) is 10.9 Å². The van der Waals surface area contributed by atoms with Crippen molar-refractivity contribution in [2.24, 2.45) is 0 Å². The third-order valence-corrected chi connectivity index (χ3v) is 3.34. The molecule has 0 radical (unpaired) electrons. The smallest absolute Gasteiger partial charge is 0.164 e. The number of aromatic nitrogens is 2. The Kier molecular flexibility index (Phi) is 3.10. The van der Waals surface area contributed by atoms with Gasteiger partial charge in [-0.1, -0.05) is 23.7 Å². The lowest BCUT2D eigenvalue weighted by Crippen LogP contribution is -1.96. The summed E-state index contributed by atoms with van der Waals surface area (Å²) in [4.78, 5) is 8.43. The van der Waals surface area contributed by atoms with Crippen LogP contribution in [0.25, 0.3) is 22.3 Å². The van der Waals surface area contributed by atoms with Crippen LogP contribution in [0.4, 0.5) is 8.78 Å². The SMILES string of the molecule is Cc1cccc2c(Cl)nc(-c3ccc(F)cc3F)nc12. The van der Waals surface area contributed by atoms with Crippen LogP contribution < -0.4 is 0 Å². The number of benzene rings is 2. The molecule has 3 rings (SSSR count). The summed E-state index contributed by atoms with van der Waals surface area (Å²) in [6.07, 6.45) is 0. The summed E-state index contributed by atoms with van der Waals surface area (Å²) >= 11 is 6.12. The van der Waals surface area contributed by atoms with Gasteiger partial charge in [-0.2, -0.15) is 0 Å². The van der Waals surface area contributed by atoms with E-state index in [4.69, 9.17) is 11.6 Å². The number of fused-ring (bicyclic) bond motifs is 1. The third-order valence-electron chi connectivity index (χ3n) is 3.05. The molecule has 0 amide bonds. The molecule has 0 fully saturated rings. The first-order valence-corrected chi connectivity index (χ1v) is 6.32. The molecule has 0 saturated heterocycles. The lowest BCUT2D eigenvalue weighted by molar-refractivity contribution is 0.585. The average molecular weight is 291 g/mol. The Bertz CT molecular complexity index is 818. The van der Waals surface area contributed by atoms with Gasteiger partial charge in [0.05, 0.1) is 11.1 Å². The van der Waals surface area contributed by atoms with E-state index in [1.165, 1.54) is 6.07 Å². The maximum Gasteiger partial charge on any atom is 0.164 e. The van der Waals surface area contributed by atoms with Gasteiger partial charge in [-0.05, 0) is 30.7 Å². The highest BCUT2D eigenvalue weighted by Crippen LogP contribution is 2.28. The van der Waals surface area contributed by atoms with Crippen molar-refractivity contribution >= 4 is 22.5 Å². The predicted octanol–water partition coefficient (Wildman–Crippen LogP) is 4.54. The third kappa shape index (κ3) is 2.12. The summed E-state index contributed by atoms with van der Waals surface area (Å²) in [6, 6.07) is 8.81. The summed E-state index contributed by atoms with van der Waals surface area (Å²) in [6.45, 7) is 1.89. The zero-order valence-electron chi connectivity index (χ0n) is 10.5. The zero-order valence-corrected chi connectivity index (χ0v) is 11.2. The summed E-state index contributed by atoms with van der Waals surface area (Å²) in [5.74, 6) is -1.21. The van der Waals surface area contributed by atoms with Crippen LogP contribution in [0.5, 0.6) is 0 Å². The number of aryl methyl sites for hydroxylation is 1. The van der Waals surface area contributed by atoms with Gasteiger partial charge in [0.25, 0.3) is 0 Å². The van der Waals surface area contributed by atoms with Crippen molar-refractivity contribution in [2.75, 3.05) is 0 Å². The molecule has 0 saturated carbocycles. The Morgan fingerprint density at radius 3 is 2.60 bits per heavy atom. The molecule has 20 heavy (non-hydrogen) atoms. The molecule has 0 atom stereocenters. The molecule has 1 aromatic heterocycles. The summed E-state index contributed by atoms with van der Waals surface area (Å²) < 4.78 is 26.8. The van der Waals surface area contributed by atoms with Crippen molar-refractivity contribution in [1.29, 1.82) is 0 Å². The van der Waals surface area contributed by atoms with Crippen molar-refractivity contribution in [3.63, 3.8) is 0 Å². The quantitative estimate of drug-likeness (QED) is 0.615. The van der Waals surface area contributed by atoms with Gasteiger partial charge in [0.1, 0.15) is 16.8 Å². The molecular formula is C15H9ClF2N2. The average Bonchev–Trinajstić information content (AvgIpc) is 2.40. The van der Waals surface area contributed by atoms with Crippen LogP contribution in [-0.2, 0) is 0 Å². The van der Waals surface area contributed by atoms with Crippen LogP contribution >= 0.6 is 11.6 Å². The standard InChI is InChI=1S/C15H9ClF2N2/c1-8-3-2-4-11-13(8)19-15(20-14(11)16)10-6-5-9(17)7-12(10)18/h2-7H,1H3. The van der Waals surface area contributed by atoms with Gasteiger partial charge in [-0.3, -0.25) is 0 Å². The van der Waals surface area contributed by atoms with Crippen molar-refractivity contribution in [1.82, 2.24) is 9.97 Å². The number of halogens is 3. The van der Waals surface area contributed by atoms with Gasteiger partial charge in [-0.15, -0.1) is 0 Å². The van der Waals surface area contributed by atoms with Crippen LogP contribution in [0, 0.1) is 18.6 Å². The molecule has 0 aliphatic rings. The molecule has 0 N–H and O–H groups in total. The van der Waals surface area contributed by atoms with E-state index in [1.807, 2.05) is 19.1 Å². The lowest BCUT2D eigenvalue weighted by Gasteiger charge is -2.07. The van der Waals surface area contributed by atoms with E-state index in [0.717, 1.165) is 17.7 Å². The second-order valence-corrected chi connectivity index (χ2v) is 4.79. The van der Waals surface area contributed by atoms with Crippen molar-refractivity contribution in [3.8, 4) is 11.4 Å². The van der Waals surface area contributed by atoms with Crippen molar-refractivity contribution in [3.05, 3.63) is 58.7 Å². The van der Waals surface area contributed by atoms with Crippen LogP contribution in [-0.4, -0.2) is 9.97 Å². The summed E-state index contributed by atoms with van der Waals surface area (Å²) in [7, 11) is 0. The first-order valence-electron chi connectivity index (χ1n) is 5.94. The first kappa shape index (κ1) is 12.9. The van der Waals surface area contributed by atoms with E-state index in [2.05, 4.69) is 9.97 Å². The molecule has 0 aliphatic heterocycles. The van der Waals surface area contributed by atoms with Gasteiger partial charge in [0.15, 0.2) is 5.82 Å². The number of para-hydroxylation sites is 1. The molecule has 1 heterocycles. The minimum Gasteiger partial charge on any atom is -0.228 e. The molecule has 100 valence electrons. The second kappa shape index (κ2) is 4.80. The highest BCUT2D eigenvalue weighted by Gasteiger charge is 2.13. The second-order valence-electron chi connectivity index (χ2n) is 4.43. The van der Waals surface area contributed by atoms with Gasteiger partial charge >= 0.3 is 0 Å². The summed E-state index contributed by atoms with van der Waals surface area (Å²) in [5.41, 5.74) is 1.69. The van der Waals surface area contributed by atoms with E-state index in [-0.39, 0.29) is 16.5 Å². The maximum atomic E-state index is 13.8. The Balaban J connectivity index is 2.29. The van der Waals surface area contributed by atoms with Crippen LogP contribution in [0.3, 0.4) is 0 Å². The Hall–Kier alpha value is -2.07. The number of rotatable bonds is 1. The highest BCUT2D eigenvalue weighted by molar-refractivity contribution is 6.34. The first-order chi connectivity index (χ1) is 9.56. The molecule has 2 aromatic carbocycles. The van der Waals surface area contributed by atoms with Crippen molar-refractivity contribution in [2.45, 2.75) is 6.92 Å². The van der Waals surface area contributed by atoms with E-state index >= 15 is 0 Å². The molecule has 0 aliphatic carbocycles. The molecule has 0 bridgehead atoms. The van der Waals surface area contributed by atoms with Crippen LogP contribution in [0.1, 0.15) is 5.56 Å².